The summed E-state index contributed by atoms with van der Waals surface area (Å²) in [5.74, 6) is -1.63. The first kappa shape index (κ1) is 32.2. The topological polar surface area (TPSA) is 0 Å². The second-order valence-corrected chi connectivity index (χ2v) is 56.6. The van der Waals surface area contributed by atoms with Crippen molar-refractivity contribution in [3.05, 3.63) is 155 Å². The van der Waals surface area contributed by atoms with E-state index < -0.39 is 21.5 Å². The van der Waals surface area contributed by atoms with Crippen LogP contribution in [0.25, 0.3) is 56.0 Å². The van der Waals surface area contributed by atoms with Crippen molar-refractivity contribution >= 4 is 56.6 Å². The summed E-state index contributed by atoms with van der Waals surface area (Å²) in [5, 5.41) is 5.05. The van der Waals surface area contributed by atoms with Crippen molar-refractivity contribution in [2.24, 2.45) is 0 Å². The summed E-state index contributed by atoms with van der Waals surface area (Å²) in [6.45, 7) is 9.48. The van der Waals surface area contributed by atoms with Crippen LogP contribution in [-0.2, 0) is 15.6 Å². The van der Waals surface area contributed by atoms with Gasteiger partial charge in [-0.1, -0.05) is 0 Å². The Morgan fingerprint density at radius 1 is 0.521 bits per heavy atom. The molecule has 2 aliphatic carbocycles. The molecule has 4 heteroatoms. The van der Waals surface area contributed by atoms with Crippen molar-refractivity contribution in [3.8, 4) is 22.3 Å². The van der Waals surface area contributed by atoms with Crippen molar-refractivity contribution in [2.45, 2.75) is 47.0 Å². The van der Waals surface area contributed by atoms with Crippen LogP contribution in [-0.4, -0.2) is 5.92 Å². The van der Waals surface area contributed by atoms with Gasteiger partial charge in [-0.3, -0.25) is 0 Å². The fraction of sp³-hybridized carbons (Fsp3) is 0.182. The van der Waals surface area contributed by atoms with E-state index in [0.29, 0.717) is 0 Å². The summed E-state index contributed by atoms with van der Waals surface area (Å²) in [4.78, 5) is 0. The molecule has 6 aromatic carbocycles. The van der Waals surface area contributed by atoms with Crippen LogP contribution in [0, 0.1) is 0 Å². The van der Waals surface area contributed by atoms with Gasteiger partial charge < -0.3 is 0 Å². The molecule has 239 valence electrons. The van der Waals surface area contributed by atoms with E-state index >= 15 is 0 Å². The Kier molecular flexibility index (Phi) is 8.12. The van der Waals surface area contributed by atoms with E-state index in [1.54, 1.807) is 0 Å². The van der Waals surface area contributed by atoms with Crippen LogP contribution in [0.15, 0.2) is 132 Å². The number of fused-ring (bicyclic) bond motifs is 4. The van der Waals surface area contributed by atoms with Crippen LogP contribution in [0.3, 0.4) is 0 Å². The average molecular weight is 760 g/mol. The molecule has 2 atom stereocenters. The molecule has 0 radical (unpaired) electrons. The molecule has 0 fully saturated rings. The number of hydrogen-bond acceptors (Lipinski definition) is 0. The van der Waals surface area contributed by atoms with Crippen LogP contribution < -0.4 is 0 Å². The van der Waals surface area contributed by atoms with Crippen molar-refractivity contribution in [1.29, 1.82) is 0 Å². The summed E-state index contributed by atoms with van der Waals surface area (Å²) in [6, 6.07) is 44.7. The summed E-state index contributed by atoms with van der Waals surface area (Å²) in [6.07, 6.45) is 6.83. The molecule has 0 spiro atoms. The number of rotatable bonds is 7. The monoisotopic (exact) mass is 757 g/mol. The molecule has 48 heavy (non-hydrogen) atoms. The predicted octanol–water partition coefficient (Wildman–Crippen LogP) is 13.7. The molecule has 2 aliphatic rings. The molecule has 0 saturated heterocycles. The fourth-order valence-corrected chi connectivity index (χ4v) is 40.7. The molecular formula is C44H41Cl2SiZr. The Morgan fingerprint density at radius 2 is 0.938 bits per heavy atom. The predicted molar refractivity (Wildman–Crippen MR) is 211 cm³/mol. The molecule has 0 amide bonds. The normalized spacial score (nSPS) is 18.0. The molecule has 0 aliphatic heterocycles. The maximum atomic E-state index is 8.65. The van der Waals surface area contributed by atoms with Crippen LogP contribution in [0.2, 0.25) is 13.1 Å². The molecule has 0 heterocycles. The molecule has 0 aromatic heterocycles. The Morgan fingerprint density at radius 3 is 1.33 bits per heavy atom. The third-order valence-electron chi connectivity index (χ3n) is 11.4. The van der Waals surface area contributed by atoms with Crippen LogP contribution in [0.4, 0.5) is 0 Å². The first-order chi connectivity index (χ1) is 23.2. The molecule has 0 bridgehead atoms. The first-order valence-electron chi connectivity index (χ1n) is 17.4. The zero-order valence-corrected chi connectivity index (χ0v) is 33.2. The number of benzene rings is 6. The van der Waals surface area contributed by atoms with Gasteiger partial charge in [0.2, 0.25) is 0 Å². The van der Waals surface area contributed by atoms with Gasteiger partial charge in [-0.15, -0.1) is 0 Å². The third kappa shape index (κ3) is 4.85. The first-order valence-corrected chi connectivity index (χ1v) is 33.8. The van der Waals surface area contributed by atoms with Gasteiger partial charge in [-0.2, -0.15) is 0 Å². The van der Waals surface area contributed by atoms with E-state index in [9.17, 15) is 0 Å². The van der Waals surface area contributed by atoms with Crippen LogP contribution >= 0.6 is 17.0 Å². The van der Waals surface area contributed by atoms with Gasteiger partial charge in [-0.05, 0) is 0 Å². The number of halogens is 2. The van der Waals surface area contributed by atoms with Crippen LogP contribution in [0.5, 0.6) is 0 Å². The molecule has 0 N–H and O–H groups in total. The molecular weight excluding hydrogens is 719 g/mol. The van der Waals surface area contributed by atoms with E-state index in [1.807, 2.05) is 0 Å². The van der Waals surface area contributed by atoms with Crippen molar-refractivity contribution in [1.82, 2.24) is 0 Å². The Balaban J connectivity index is 1.31. The molecule has 0 nitrogen and oxygen atoms in total. The summed E-state index contributed by atoms with van der Waals surface area (Å²) in [5.41, 5.74) is 13.2. The number of allylic oxidation sites excluding steroid dienone is 2. The van der Waals surface area contributed by atoms with Crippen LogP contribution in [0.1, 0.15) is 56.2 Å². The van der Waals surface area contributed by atoms with Gasteiger partial charge in [0.25, 0.3) is 0 Å². The van der Waals surface area contributed by atoms with Gasteiger partial charge >= 0.3 is 296 Å². The van der Waals surface area contributed by atoms with E-state index in [4.69, 9.17) is 17.0 Å². The molecule has 2 unspecified atom stereocenters. The fourth-order valence-electron chi connectivity index (χ4n) is 8.89. The quantitative estimate of drug-likeness (QED) is 0.142. The van der Waals surface area contributed by atoms with Crippen molar-refractivity contribution < 1.29 is 15.6 Å². The van der Waals surface area contributed by atoms with E-state index in [2.05, 4.69) is 160 Å². The minimum absolute atomic E-state index is 0.0945. The Hall–Kier alpha value is -3.00. The minimum atomic E-state index is -4.82. The Bertz CT molecular complexity index is 2160. The summed E-state index contributed by atoms with van der Waals surface area (Å²) >= 11 is -4.82. The Labute approximate surface area is 293 Å². The van der Waals surface area contributed by atoms with E-state index in [0.717, 1.165) is 12.8 Å². The SMILES string of the molecule is CCC1=Cc2c(-c3ccc4ccccc4c3)cccc2[CH]1[Zr]([Cl])([Cl])([CH]1C(CC)=Cc2c(-c3ccc4ccccc4c3)cccc21)[SiH](C)C. The molecule has 0 saturated carbocycles. The molecule has 8 rings (SSSR count). The summed E-state index contributed by atoms with van der Waals surface area (Å²) in [7, 11) is 17.3. The van der Waals surface area contributed by atoms with Gasteiger partial charge in [0.05, 0.1) is 0 Å². The second kappa shape index (κ2) is 12.1. The third-order valence-corrected chi connectivity index (χ3v) is 63.3. The van der Waals surface area contributed by atoms with Crippen molar-refractivity contribution in [3.63, 3.8) is 0 Å². The van der Waals surface area contributed by atoms with Gasteiger partial charge in [0, 0.05) is 0 Å². The zero-order valence-electron chi connectivity index (χ0n) is 28.1. The average Bonchev–Trinajstić information content (AvgIpc) is 3.71. The standard InChI is InChI=1S/2C21H17.C2H7Si.2ClH.Zr/c2*1-2-15-12-18-8-5-9-20(21(18)13-15)19-11-10-16-6-3-4-7-17(16)14-19;1-3-2;;;/h2*3-14H,2H2,1H3;3H,1-2H3;2*1H;/q;;;;;+2/p-2. The second-order valence-electron chi connectivity index (χ2n) is 14.1. The van der Waals surface area contributed by atoms with E-state index in [1.165, 1.54) is 77.2 Å². The summed E-state index contributed by atoms with van der Waals surface area (Å²) < 4.78 is 0.189. The van der Waals surface area contributed by atoms with E-state index in [-0.39, 0.29) is 7.25 Å². The van der Waals surface area contributed by atoms with Crippen molar-refractivity contribution in [2.75, 3.05) is 0 Å². The van der Waals surface area contributed by atoms with Gasteiger partial charge in [-0.25, -0.2) is 0 Å². The number of hydrogen-bond donors (Lipinski definition) is 0. The van der Waals surface area contributed by atoms with Gasteiger partial charge in [0.15, 0.2) is 0 Å². The molecule has 6 aromatic rings. The van der Waals surface area contributed by atoms with Gasteiger partial charge in [0.1, 0.15) is 0 Å². The zero-order chi connectivity index (χ0) is 33.2. The maximum absolute atomic E-state index is 8.65.